The predicted molar refractivity (Wildman–Crippen MR) is 119 cm³/mol. The number of aryl methyl sites for hydroxylation is 1. The second-order valence-electron chi connectivity index (χ2n) is 7.91. The van der Waals surface area contributed by atoms with E-state index in [2.05, 4.69) is 4.90 Å². The number of benzene rings is 2. The van der Waals surface area contributed by atoms with Crippen LogP contribution in [0.1, 0.15) is 29.8 Å². The summed E-state index contributed by atoms with van der Waals surface area (Å²) in [5.41, 5.74) is 2.78. The van der Waals surface area contributed by atoms with Crippen LogP contribution >= 0.6 is 0 Å². The van der Waals surface area contributed by atoms with Crippen molar-refractivity contribution in [3.8, 4) is 11.5 Å². The van der Waals surface area contributed by atoms with Gasteiger partial charge in [0, 0.05) is 25.1 Å². The minimum Gasteiger partial charge on any atom is -0.497 e. The Morgan fingerprint density at radius 3 is 2.53 bits per heavy atom. The molecule has 4 rings (SSSR count). The molecule has 2 aromatic carbocycles. The molecule has 30 heavy (non-hydrogen) atoms. The van der Waals surface area contributed by atoms with Crippen molar-refractivity contribution in [2.75, 3.05) is 33.9 Å². The Morgan fingerprint density at radius 1 is 1.00 bits per heavy atom. The summed E-state index contributed by atoms with van der Waals surface area (Å²) >= 11 is 0. The molecular weight excluding hydrogens is 378 g/mol. The van der Waals surface area contributed by atoms with Gasteiger partial charge < -0.3 is 14.4 Å². The number of aromatic nitrogens is 2. The Bertz CT molecular complexity index is 1100. The van der Waals surface area contributed by atoms with Crippen LogP contribution in [0.2, 0.25) is 0 Å². The van der Waals surface area contributed by atoms with Crippen LogP contribution in [-0.2, 0) is 13.0 Å². The van der Waals surface area contributed by atoms with Crippen LogP contribution in [0.3, 0.4) is 0 Å². The molecule has 6 heteroatoms. The summed E-state index contributed by atoms with van der Waals surface area (Å²) in [4.78, 5) is 20.7. The zero-order chi connectivity index (χ0) is 21.1. The average Bonchev–Trinajstić information content (AvgIpc) is 3.27. The van der Waals surface area contributed by atoms with E-state index in [1.165, 1.54) is 12.8 Å². The van der Waals surface area contributed by atoms with Crippen LogP contribution in [0.15, 0.2) is 41.2 Å². The van der Waals surface area contributed by atoms with Crippen LogP contribution in [0.5, 0.6) is 11.5 Å². The van der Waals surface area contributed by atoms with Gasteiger partial charge in [-0.05, 0) is 63.2 Å². The van der Waals surface area contributed by atoms with E-state index >= 15 is 0 Å². The summed E-state index contributed by atoms with van der Waals surface area (Å²) in [6, 6.07) is 11.6. The van der Waals surface area contributed by atoms with Gasteiger partial charge in [-0.1, -0.05) is 11.6 Å². The van der Waals surface area contributed by atoms with Gasteiger partial charge in [-0.25, -0.2) is 4.98 Å². The molecule has 2 heterocycles. The average molecular weight is 408 g/mol. The largest absolute Gasteiger partial charge is 0.497 e. The number of hydrogen-bond acceptors (Lipinski definition) is 5. The number of hydrogen-bond donors (Lipinski definition) is 0. The van der Waals surface area contributed by atoms with E-state index in [9.17, 15) is 4.79 Å². The molecule has 0 atom stereocenters. The molecule has 0 unspecified atom stereocenters. The Hall–Kier alpha value is -2.86. The monoisotopic (exact) mass is 407 g/mol. The van der Waals surface area contributed by atoms with E-state index in [1.807, 2.05) is 47.9 Å². The van der Waals surface area contributed by atoms with E-state index in [4.69, 9.17) is 14.5 Å². The maximum atomic E-state index is 13.4. The molecule has 0 amide bonds. The molecule has 1 aromatic heterocycles. The van der Waals surface area contributed by atoms with E-state index < -0.39 is 0 Å². The molecule has 0 radical (unpaired) electrons. The maximum absolute atomic E-state index is 13.4. The summed E-state index contributed by atoms with van der Waals surface area (Å²) in [5, 5.41) is 0.678. The first-order chi connectivity index (χ1) is 14.6. The fraction of sp³-hybridized carbons (Fsp3) is 0.417. The highest BCUT2D eigenvalue weighted by Gasteiger charge is 2.17. The SMILES string of the molecule is COc1ccc(OC)c(Cc2nc3ccc(C)cc3c(=O)n2CCN2CCCC2)c1. The molecule has 1 aliphatic heterocycles. The maximum Gasteiger partial charge on any atom is 0.261 e. The summed E-state index contributed by atoms with van der Waals surface area (Å²) in [5.74, 6) is 2.27. The third-order valence-corrected chi connectivity index (χ3v) is 5.86. The molecule has 0 aliphatic carbocycles. The lowest BCUT2D eigenvalue weighted by molar-refractivity contribution is 0.318. The van der Waals surface area contributed by atoms with Crippen molar-refractivity contribution in [2.45, 2.75) is 32.7 Å². The van der Waals surface area contributed by atoms with Crippen molar-refractivity contribution in [2.24, 2.45) is 0 Å². The third kappa shape index (κ3) is 4.19. The number of methoxy groups -OCH3 is 2. The highest BCUT2D eigenvalue weighted by molar-refractivity contribution is 5.78. The molecule has 6 nitrogen and oxygen atoms in total. The van der Waals surface area contributed by atoms with Gasteiger partial charge in [0.25, 0.3) is 5.56 Å². The van der Waals surface area contributed by atoms with Gasteiger partial charge in [0.05, 0.1) is 25.1 Å². The first kappa shape index (κ1) is 20.4. The first-order valence-electron chi connectivity index (χ1n) is 10.5. The number of likely N-dealkylation sites (tertiary alicyclic amines) is 1. The van der Waals surface area contributed by atoms with E-state index in [1.54, 1.807) is 14.2 Å². The normalized spacial score (nSPS) is 14.4. The topological polar surface area (TPSA) is 56.6 Å². The van der Waals surface area contributed by atoms with E-state index in [-0.39, 0.29) is 5.56 Å². The Kier molecular flexibility index (Phi) is 6.04. The molecule has 1 aliphatic rings. The van der Waals surface area contributed by atoms with Crippen molar-refractivity contribution in [3.63, 3.8) is 0 Å². The fourth-order valence-electron chi connectivity index (χ4n) is 4.18. The standard InChI is InChI=1S/C24H29N3O3/c1-17-6-8-21-20(14-17)24(28)27(13-12-26-10-4-5-11-26)23(25-21)16-18-15-19(29-2)7-9-22(18)30-3/h6-9,14-15H,4-5,10-13,16H2,1-3H3. The van der Waals surface area contributed by atoms with E-state index in [0.29, 0.717) is 18.4 Å². The van der Waals surface area contributed by atoms with Crippen LogP contribution in [0, 0.1) is 6.92 Å². The molecule has 0 saturated carbocycles. The molecule has 0 N–H and O–H groups in total. The van der Waals surface area contributed by atoms with Crippen molar-refractivity contribution >= 4 is 10.9 Å². The van der Waals surface area contributed by atoms with Gasteiger partial charge in [-0.2, -0.15) is 0 Å². The van der Waals surface area contributed by atoms with Gasteiger partial charge in [0.2, 0.25) is 0 Å². The highest BCUT2D eigenvalue weighted by Crippen LogP contribution is 2.26. The van der Waals surface area contributed by atoms with Crippen LogP contribution < -0.4 is 15.0 Å². The third-order valence-electron chi connectivity index (χ3n) is 5.86. The second-order valence-corrected chi connectivity index (χ2v) is 7.91. The van der Waals surface area contributed by atoms with Gasteiger partial charge in [0.15, 0.2) is 0 Å². The Morgan fingerprint density at radius 2 is 1.80 bits per heavy atom. The minimum atomic E-state index is 0.0276. The van der Waals surface area contributed by atoms with Crippen LogP contribution in [0.4, 0.5) is 0 Å². The zero-order valence-corrected chi connectivity index (χ0v) is 18.0. The zero-order valence-electron chi connectivity index (χ0n) is 18.0. The number of nitrogens with zero attached hydrogens (tertiary/aromatic N) is 3. The minimum absolute atomic E-state index is 0.0276. The van der Waals surface area contributed by atoms with Crippen molar-refractivity contribution < 1.29 is 9.47 Å². The van der Waals surface area contributed by atoms with Gasteiger partial charge in [-0.15, -0.1) is 0 Å². The highest BCUT2D eigenvalue weighted by atomic mass is 16.5. The van der Waals surface area contributed by atoms with Crippen LogP contribution in [-0.4, -0.2) is 48.3 Å². The predicted octanol–water partition coefficient (Wildman–Crippen LogP) is 3.41. The second kappa shape index (κ2) is 8.88. The molecule has 158 valence electrons. The number of ether oxygens (including phenoxy) is 2. The van der Waals surface area contributed by atoms with Gasteiger partial charge in [-0.3, -0.25) is 9.36 Å². The summed E-state index contributed by atoms with van der Waals surface area (Å²) in [7, 11) is 3.30. The number of rotatable bonds is 7. The summed E-state index contributed by atoms with van der Waals surface area (Å²) in [6.07, 6.45) is 2.97. The Labute approximate surface area is 177 Å². The first-order valence-corrected chi connectivity index (χ1v) is 10.5. The van der Waals surface area contributed by atoms with Crippen LogP contribution in [0.25, 0.3) is 10.9 Å². The van der Waals surface area contributed by atoms with Crippen molar-refractivity contribution in [3.05, 3.63) is 63.7 Å². The molecular formula is C24H29N3O3. The quantitative estimate of drug-likeness (QED) is 0.601. The van der Waals surface area contributed by atoms with Crippen molar-refractivity contribution in [1.82, 2.24) is 14.5 Å². The molecule has 1 saturated heterocycles. The fourth-order valence-corrected chi connectivity index (χ4v) is 4.18. The van der Waals surface area contributed by atoms with Gasteiger partial charge >= 0.3 is 0 Å². The van der Waals surface area contributed by atoms with E-state index in [0.717, 1.165) is 53.6 Å². The Balaban J connectivity index is 1.78. The molecule has 0 spiro atoms. The lowest BCUT2D eigenvalue weighted by Crippen LogP contribution is -2.32. The molecule has 3 aromatic rings. The lowest BCUT2D eigenvalue weighted by Gasteiger charge is -2.19. The lowest BCUT2D eigenvalue weighted by atomic mass is 10.1. The smallest absolute Gasteiger partial charge is 0.261 e. The number of fused-ring (bicyclic) bond motifs is 1. The van der Waals surface area contributed by atoms with Gasteiger partial charge in [0.1, 0.15) is 17.3 Å². The molecule has 0 bridgehead atoms. The van der Waals surface area contributed by atoms with Crippen molar-refractivity contribution in [1.29, 1.82) is 0 Å². The summed E-state index contributed by atoms with van der Waals surface area (Å²) in [6.45, 7) is 5.71. The molecule has 1 fully saturated rings. The summed E-state index contributed by atoms with van der Waals surface area (Å²) < 4.78 is 12.8.